The molecular weight excluding hydrogens is 288 g/mol. The largest absolute Gasteiger partial charge is 0.343 e. The molecule has 0 spiro atoms. The lowest BCUT2D eigenvalue weighted by atomic mass is 10.4. The Hall–Kier alpha value is -1.70. The first kappa shape index (κ1) is 11.8. The second-order valence-electron chi connectivity index (χ2n) is 3.34. The van der Waals surface area contributed by atoms with Gasteiger partial charge in [0.1, 0.15) is 5.69 Å². The standard InChI is InChI=1S/C9H11BrN6O/c1-2-16-5-6(10)3-7(16)9(17)11-4-8-12-14-15-13-8/h3,5H,2,4H2,1H3,(H,11,17)(H,12,13,14,15). The number of aromatic nitrogens is 5. The molecule has 0 saturated heterocycles. The Morgan fingerprint density at radius 1 is 1.65 bits per heavy atom. The summed E-state index contributed by atoms with van der Waals surface area (Å²) in [5.74, 6) is 0.286. The van der Waals surface area contributed by atoms with Crippen molar-refractivity contribution in [2.45, 2.75) is 20.0 Å². The van der Waals surface area contributed by atoms with Crippen molar-refractivity contribution in [3.8, 4) is 0 Å². The summed E-state index contributed by atoms with van der Waals surface area (Å²) in [6.45, 7) is 2.96. The summed E-state index contributed by atoms with van der Waals surface area (Å²) in [4.78, 5) is 11.9. The quantitative estimate of drug-likeness (QED) is 0.870. The monoisotopic (exact) mass is 298 g/mol. The van der Waals surface area contributed by atoms with Crippen molar-refractivity contribution in [1.29, 1.82) is 0 Å². The Labute approximate surface area is 106 Å². The highest BCUT2D eigenvalue weighted by atomic mass is 79.9. The number of carbonyl (C=O) groups excluding carboxylic acids is 1. The molecule has 0 unspecified atom stereocenters. The number of nitrogens with zero attached hydrogens (tertiary/aromatic N) is 4. The average Bonchev–Trinajstić information content (AvgIpc) is 2.94. The Bertz CT molecular complexity index is 506. The first-order valence-corrected chi connectivity index (χ1v) is 5.86. The molecule has 0 aliphatic carbocycles. The normalized spacial score (nSPS) is 10.5. The molecule has 0 aliphatic rings. The van der Waals surface area contributed by atoms with Crippen molar-refractivity contribution >= 4 is 21.8 Å². The van der Waals surface area contributed by atoms with Gasteiger partial charge in [0.15, 0.2) is 5.82 Å². The van der Waals surface area contributed by atoms with Crippen LogP contribution in [0.25, 0.3) is 0 Å². The molecule has 0 aromatic carbocycles. The average molecular weight is 299 g/mol. The van der Waals surface area contributed by atoms with Gasteiger partial charge in [-0.3, -0.25) is 4.79 Å². The molecular formula is C9H11BrN6O. The van der Waals surface area contributed by atoms with E-state index in [1.165, 1.54) is 0 Å². The van der Waals surface area contributed by atoms with E-state index in [1.807, 2.05) is 17.7 Å². The maximum atomic E-state index is 11.9. The molecule has 90 valence electrons. The van der Waals surface area contributed by atoms with Crippen molar-refractivity contribution in [1.82, 2.24) is 30.5 Å². The fourth-order valence-electron chi connectivity index (χ4n) is 1.43. The van der Waals surface area contributed by atoms with Gasteiger partial charge in [-0.2, -0.15) is 5.21 Å². The summed E-state index contributed by atoms with van der Waals surface area (Å²) in [6.07, 6.45) is 1.86. The summed E-state index contributed by atoms with van der Waals surface area (Å²) in [7, 11) is 0. The third-order valence-corrected chi connectivity index (χ3v) is 2.67. The SMILES string of the molecule is CCn1cc(Br)cc1C(=O)NCc1nn[nH]n1. The first-order valence-electron chi connectivity index (χ1n) is 5.07. The second-order valence-corrected chi connectivity index (χ2v) is 4.26. The van der Waals surface area contributed by atoms with Crippen LogP contribution in [0.3, 0.4) is 0 Å². The minimum atomic E-state index is -0.164. The molecule has 0 fully saturated rings. The molecule has 1 amide bonds. The maximum Gasteiger partial charge on any atom is 0.268 e. The Balaban J connectivity index is 2.04. The lowest BCUT2D eigenvalue weighted by molar-refractivity contribution is 0.0940. The van der Waals surface area contributed by atoms with Crippen LogP contribution in [0, 0.1) is 0 Å². The van der Waals surface area contributed by atoms with E-state index in [2.05, 4.69) is 41.9 Å². The van der Waals surface area contributed by atoms with Crippen LogP contribution in [0.2, 0.25) is 0 Å². The van der Waals surface area contributed by atoms with Gasteiger partial charge in [0.25, 0.3) is 5.91 Å². The van der Waals surface area contributed by atoms with E-state index in [-0.39, 0.29) is 12.5 Å². The number of carbonyl (C=O) groups is 1. The Morgan fingerprint density at radius 2 is 2.47 bits per heavy atom. The summed E-state index contributed by atoms with van der Waals surface area (Å²) < 4.78 is 2.74. The number of aromatic amines is 1. The molecule has 7 nitrogen and oxygen atoms in total. The molecule has 0 atom stereocenters. The number of amides is 1. The third-order valence-electron chi connectivity index (χ3n) is 2.23. The highest BCUT2D eigenvalue weighted by molar-refractivity contribution is 9.10. The van der Waals surface area contributed by atoms with E-state index in [9.17, 15) is 4.79 Å². The lowest BCUT2D eigenvalue weighted by Crippen LogP contribution is -2.25. The fourth-order valence-corrected chi connectivity index (χ4v) is 1.90. The van der Waals surface area contributed by atoms with Crippen LogP contribution in [-0.2, 0) is 13.1 Å². The topological polar surface area (TPSA) is 88.5 Å². The van der Waals surface area contributed by atoms with Crippen molar-refractivity contribution in [3.05, 3.63) is 28.3 Å². The van der Waals surface area contributed by atoms with Crippen LogP contribution in [0.1, 0.15) is 23.2 Å². The number of nitrogens with one attached hydrogen (secondary N) is 2. The first-order chi connectivity index (χ1) is 8.20. The zero-order valence-corrected chi connectivity index (χ0v) is 10.7. The zero-order valence-electron chi connectivity index (χ0n) is 9.14. The van der Waals surface area contributed by atoms with Crippen LogP contribution in [0.4, 0.5) is 0 Å². The molecule has 2 rings (SSSR count). The number of rotatable bonds is 4. The van der Waals surface area contributed by atoms with Crippen LogP contribution >= 0.6 is 15.9 Å². The van der Waals surface area contributed by atoms with Crippen molar-refractivity contribution in [2.75, 3.05) is 0 Å². The fraction of sp³-hybridized carbons (Fsp3) is 0.333. The Morgan fingerprint density at radius 3 is 3.12 bits per heavy atom. The van der Waals surface area contributed by atoms with E-state index in [1.54, 1.807) is 6.07 Å². The number of hydrogen-bond donors (Lipinski definition) is 2. The van der Waals surface area contributed by atoms with Crippen LogP contribution in [0.15, 0.2) is 16.7 Å². The highest BCUT2D eigenvalue weighted by Crippen LogP contribution is 2.14. The minimum Gasteiger partial charge on any atom is -0.343 e. The number of H-pyrrole nitrogens is 1. The summed E-state index contributed by atoms with van der Waals surface area (Å²) in [5, 5.41) is 16.0. The van der Waals surface area contributed by atoms with Gasteiger partial charge in [-0.05, 0) is 28.9 Å². The lowest BCUT2D eigenvalue weighted by Gasteiger charge is -2.05. The molecule has 2 N–H and O–H groups in total. The van der Waals surface area contributed by atoms with Gasteiger partial charge in [-0.1, -0.05) is 5.21 Å². The molecule has 8 heteroatoms. The van der Waals surface area contributed by atoms with E-state index in [4.69, 9.17) is 0 Å². The van der Waals surface area contributed by atoms with Gasteiger partial charge in [-0.25, -0.2) is 0 Å². The van der Waals surface area contributed by atoms with Gasteiger partial charge in [0, 0.05) is 17.2 Å². The predicted molar refractivity (Wildman–Crippen MR) is 63.2 cm³/mol. The minimum absolute atomic E-state index is 0.164. The summed E-state index contributed by atoms with van der Waals surface area (Å²) >= 11 is 3.34. The number of aryl methyl sites for hydroxylation is 1. The van der Waals surface area contributed by atoms with Gasteiger partial charge >= 0.3 is 0 Å². The zero-order chi connectivity index (χ0) is 12.3. The Kier molecular flexibility index (Phi) is 3.52. The predicted octanol–water partition coefficient (Wildman–Crippen LogP) is 0.714. The van der Waals surface area contributed by atoms with Gasteiger partial charge in [0.2, 0.25) is 0 Å². The second kappa shape index (κ2) is 5.09. The number of halogens is 1. The molecule has 0 bridgehead atoms. The van der Waals surface area contributed by atoms with Gasteiger partial charge in [0.05, 0.1) is 6.54 Å². The molecule has 0 radical (unpaired) electrons. The number of hydrogen-bond acceptors (Lipinski definition) is 4. The van der Waals surface area contributed by atoms with Crippen molar-refractivity contribution in [3.63, 3.8) is 0 Å². The van der Waals surface area contributed by atoms with Crippen LogP contribution < -0.4 is 5.32 Å². The van der Waals surface area contributed by atoms with Gasteiger partial charge < -0.3 is 9.88 Å². The summed E-state index contributed by atoms with van der Waals surface area (Å²) in [6, 6.07) is 1.77. The van der Waals surface area contributed by atoms with Crippen molar-refractivity contribution < 1.29 is 4.79 Å². The molecule has 2 heterocycles. The molecule has 17 heavy (non-hydrogen) atoms. The third kappa shape index (κ3) is 2.70. The van der Waals surface area contributed by atoms with E-state index < -0.39 is 0 Å². The number of tetrazole rings is 1. The smallest absolute Gasteiger partial charge is 0.268 e. The highest BCUT2D eigenvalue weighted by Gasteiger charge is 2.12. The van der Waals surface area contributed by atoms with Gasteiger partial charge in [-0.15, -0.1) is 10.2 Å². The van der Waals surface area contributed by atoms with Crippen LogP contribution in [0.5, 0.6) is 0 Å². The maximum absolute atomic E-state index is 11.9. The summed E-state index contributed by atoms with van der Waals surface area (Å²) in [5.41, 5.74) is 0.600. The molecule has 2 aromatic rings. The van der Waals surface area contributed by atoms with E-state index >= 15 is 0 Å². The van der Waals surface area contributed by atoms with Crippen molar-refractivity contribution in [2.24, 2.45) is 0 Å². The van der Waals surface area contributed by atoms with E-state index in [0.717, 1.165) is 11.0 Å². The molecule has 0 saturated carbocycles. The molecule has 2 aromatic heterocycles. The molecule has 0 aliphatic heterocycles. The van der Waals surface area contributed by atoms with E-state index in [0.29, 0.717) is 11.5 Å². The van der Waals surface area contributed by atoms with Crippen LogP contribution in [-0.4, -0.2) is 31.1 Å².